The zero-order chi connectivity index (χ0) is 14.2. The molecule has 1 aromatic rings. The highest BCUT2D eigenvalue weighted by Crippen LogP contribution is 2.30. The maximum Gasteiger partial charge on any atom is 0.153 e. The minimum atomic E-state index is 0.372. The molecule has 3 fully saturated rings. The summed E-state index contributed by atoms with van der Waals surface area (Å²) in [4.78, 5) is 4.68. The molecule has 0 saturated carbocycles. The molecule has 21 heavy (non-hydrogen) atoms. The van der Waals surface area contributed by atoms with Gasteiger partial charge in [-0.1, -0.05) is 0 Å². The molecule has 0 aliphatic carbocycles. The van der Waals surface area contributed by atoms with Crippen molar-refractivity contribution >= 4 is 11.5 Å². The van der Waals surface area contributed by atoms with Crippen molar-refractivity contribution in [2.24, 2.45) is 0 Å². The van der Waals surface area contributed by atoms with E-state index in [1.54, 1.807) is 0 Å². The van der Waals surface area contributed by atoms with Crippen molar-refractivity contribution in [1.82, 2.24) is 10.2 Å². The number of ether oxygens (including phenoxy) is 2. The highest BCUT2D eigenvalue weighted by molar-refractivity contribution is 5.54. The summed E-state index contributed by atoms with van der Waals surface area (Å²) in [6.07, 6.45) is 4.96. The van der Waals surface area contributed by atoms with Gasteiger partial charge in [0, 0.05) is 31.7 Å². The van der Waals surface area contributed by atoms with Gasteiger partial charge in [0.15, 0.2) is 5.82 Å². The van der Waals surface area contributed by atoms with Crippen LogP contribution in [0, 0.1) is 0 Å². The number of hydrogen-bond donors (Lipinski definition) is 0. The fourth-order valence-electron chi connectivity index (χ4n) is 3.57. The molecular formula is C15H22N4O2. The molecule has 6 nitrogen and oxygen atoms in total. The fourth-order valence-corrected chi connectivity index (χ4v) is 3.57. The largest absolute Gasteiger partial charge is 0.377 e. The molecule has 3 atom stereocenters. The van der Waals surface area contributed by atoms with E-state index in [2.05, 4.69) is 33.0 Å². The van der Waals surface area contributed by atoms with Gasteiger partial charge in [0.1, 0.15) is 0 Å². The molecule has 2 unspecified atom stereocenters. The van der Waals surface area contributed by atoms with Crippen LogP contribution in [-0.4, -0.2) is 61.3 Å². The summed E-state index contributed by atoms with van der Waals surface area (Å²) in [5.41, 5.74) is 1.15. The predicted molar refractivity (Wildman–Crippen MR) is 79.8 cm³/mol. The Morgan fingerprint density at radius 3 is 2.81 bits per heavy atom. The zero-order valence-corrected chi connectivity index (χ0v) is 12.4. The second-order valence-electron chi connectivity index (χ2n) is 6.25. The first-order valence-electron chi connectivity index (χ1n) is 7.87. The van der Waals surface area contributed by atoms with E-state index < -0.39 is 0 Å². The van der Waals surface area contributed by atoms with Crippen LogP contribution in [0.3, 0.4) is 0 Å². The van der Waals surface area contributed by atoms with Crippen molar-refractivity contribution in [3.8, 4) is 0 Å². The van der Waals surface area contributed by atoms with Crippen LogP contribution in [0.5, 0.6) is 0 Å². The molecule has 1 aromatic heterocycles. The number of morpholine rings is 2. The van der Waals surface area contributed by atoms with E-state index in [0.29, 0.717) is 18.2 Å². The Bertz CT molecular complexity index is 500. The van der Waals surface area contributed by atoms with Crippen LogP contribution < -0.4 is 9.80 Å². The second-order valence-corrected chi connectivity index (χ2v) is 6.25. The maximum atomic E-state index is 5.90. The lowest BCUT2D eigenvalue weighted by atomic mass is 10.2. The van der Waals surface area contributed by atoms with Gasteiger partial charge in [0.2, 0.25) is 0 Å². The van der Waals surface area contributed by atoms with Crippen molar-refractivity contribution in [2.45, 2.75) is 38.0 Å². The highest BCUT2D eigenvalue weighted by atomic mass is 16.5. The number of hydrogen-bond acceptors (Lipinski definition) is 6. The molecule has 0 spiro atoms. The summed E-state index contributed by atoms with van der Waals surface area (Å²) in [5.74, 6) is 0.978. The van der Waals surface area contributed by atoms with Crippen LogP contribution in [0.2, 0.25) is 0 Å². The molecule has 3 aliphatic rings. The number of fused-ring (bicyclic) bond motifs is 2. The second kappa shape index (κ2) is 5.42. The van der Waals surface area contributed by atoms with E-state index in [-0.39, 0.29) is 0 Å². The molecule has 0 radical (unpaired) electrons. The van der Waals surface area contributed by atoms with Gasteiger partial charge < -0.3 is 19.3 Å². The van der Waals surface area contributed by atoms with Crippen LogP contribution in [0.4, 0.5) is 11.5 Å². The number of nitrogens with zero attached hydrogens (tertiary/aromatic N) is 4. The van der Waals surface area contributed by atoms with Crippen LogP contribution in [-0.2, 0) is 9.47 Å². The van der Waals surface area contributed by atoms with E-state index in [0.717, 1.165) is 44.4 Å². The van der Waals surface area contributed by atoms with Gasteiger partial charge in [0.25, 0.3) is 0 Å². The quantitative estimate of drug-likeness (QED) is 0.812. The standard InChI is InChI=1S/C15H22N4O2/c1-11-10-20-5-4-19(11)12-6-15(17-16-7-12)18-8-13-2-3-14(9-18)21-13/h6-7,11,13-14H,2-5,8-10H2,1H3/t11-,13?,14?/m1/s1. The van der Waals surface area contributed by atoms with Crippen molar-refractivity contribution < 1.29 is 9.47 Å². The molecule has 6 heteroatoms. The monoisotopic (exact) mass is 290 g/mol. The summed E-state index contributed by atoms with van der Waals surface area (Å²) in [5, 5.41) is 8.57. The molecule has 0 amide bonds. The van der Waals surface area contributed by atoms with Crippen molar-refractivity contribution in [3.05, 3.63) is 12.3 Å². The normalized spacial score (nSPS) is 32.5. The minimum absolute atomic E-state index is 0.372. The maximum absolute atomic E-state index is 5.90. The van der Waals surface area contributed by atoms with Gasteiger partial charge in [-0.2, -0.15) is 5.10 Å². The minimum Gasteiger partial charge on any atom is -0.377 e. The van der Waals surface area contributed by atoms with Crippen molar-refractivity contribution in [2.75, 3.05) is 42.6 Å². The molecular weight excluding hydrogens is 268 g/mol. The lowest BCUT2D eigenvalue weighted by molar-refractivity contribution is 0.0302. The van der Waals surface area contributed by atoms with Crippen LogP contribution >= 0.6 is 0 Å². The first-order valence-corrected chi connectivity index (χ1v) is 7.87. The summed E-state index contributed by atoms with van der Waals surface area (Å²) >= 11 is 0. The Balaban J connectivity index is 1.55. The Morgan fingerprint density at radius 1 is 1.24 bits per heavy atom. The fraction of sp³-hybridized carbons (Fsp3) is 0.733. The molecule has 0 N–H and O–H groups in total. The SMILES string of the molecule is C[C@@H]1COCCN1c1cnnc(N2CC3CCC(C2)O3)c1. The van der Waals surface area contributed by atoms with Gasteiger partial charge in [-0.15, -0.1) is 5.10 Å². The van der Waals surface area contributed by atoms with Gasteiger partial charge in [-0.25, -0.2) is 0 Å². The molecule has 0 aromatic carbocycles. The molecule has 2 bridgehead atoms. The third-order valence-electron chi connectivity index (χ3n) is 4.69. The number of anilines is 2. The molecule has 3 saturated heterocycles. The summed E-state index contributed by atoms with van der Waals surface area (Å²) < 4.78 is 11.4. The van der Waals surface area contributed by atoms with E-state index in [4.69, 9.17) is 9.47 Å². The molecule has 4 heterocycles. The van der Waals surface area contributed by atoms with E-state index in [1.165, 1.54) is 12.8 Å². The number of aromatic nitrogens is 2. The molecule has 4 rings (SSSR count). The lowest BCUT2D eigenvalue weighted by Crippen LogP contribution is -2.45. The summed E-state index contributed by atoms with van der Waals surface area (Å²) in [6, 6.07) is 2.55. The molecule has 3 aliphatic heterocycles. The third kappa shape index (κ3) is 2.58. The lowest BCUT2D eigenvalue weighted by Gasteiger charge is -2.36. The van der Waals surface area contributed by atoms with E-state index in [1.807, 2.05) is 6.20 Å². The van der Waals surface area contributed by atoms with Crippen LogP contribution in [0.25, 0.3) is 0 Å². The van der Waals surface area contributed by atoms with Gasteiger partial charge in [-0.3, -0.25) is 0 Å². The molecule has 114 valence electrons. The highest BCUT2D eigenvalue weighted by Gasteiger charge is 2.34. The summed E-state index contributed by atoms with van der Waals surface area (Å²) in [7, 11) is 0. The van der Waals surface area contributed by atoms with Gasteiger partial charge in [0.05, 0.1) is 37.3 Å². The average molecular weight is 290 g/mol. The first-order chi connectivity index (χ1) is 10.3. The predicted octanol–water partition coefficient (Wildman–Crippen LogP) is 1.07. The Labute approximate surface area is 125 Å². The van der Waals surface area contributed by atoms with Crippen LogP contribution in [0.15, 0.2) is 12.3 Å². The van der Waals surface area contributed by atoms with Crippen molar-refractivity contribution in [1.29, 1.82) is 0 Å². The zero-order valence-electron chi connectivity index (χ0n) is 12.4. The van der Waals surface area contributed by atoms with Gasteiger partial charge in [-0.05, 0) is 19.8 Å². The van der Waals surface area contributed by atoms with Crippen molar-refractivity contribution in [3.63, 3.8) is 0 Å². The number of rotatable bonds is 2. The Hall–Kier alpha value is -1.40. The van der Waals surface area contributed by atoms with Gasteiger partial charge >= 0.3 is 0 Å². The first kappa shape index (κ1) is 13.3. The average Bonchev–Trinajstić information content (AvgIpc) is 2.86. The Morgan fingerprint density at radius 2 is 2.05 bits per heavy atom. The van der Waals surface area contributed by atoms with E-state index in [9.17, 15) is 0 Å². The third-order valence-corrected chi connectivity index (χ3v) is 4.69. The summed E-state index contributed by atoms with van der Waals surface area (Å²) in [6.45, 7) is 6.54. The van der Waals surface area contributed by atoms with E-state index >= 15 is 0 Å². The van der Waals surface area contributed by atoms with Crippen LogP contribution in [0.1, 0.15) is 19.8 Å². The smallest absolute Gasteiger partial charge is 0.153 e. The Kier molecular flexibility index (Phi) is 3.43. The topological polar surface area (TPSA) is 50.7 Å².